The normalized spacial score (nSPS) is 17.8. The molecule has 0 amide bonds. The monoisotopic (exact) mass is 299 g/mol. The van der Waals surface area contributed by atoms with Crippen molar-refractivity contribution in [1.29, 1.82) is 0 Å². The second-order valence-corrected chi connectivity index (χ2v) is 4.58. The van der Waals surface area contributed by atoms with Crippen molar-refractivity contribution in [2.75, 3.05) is 17.7 Å². The van der Waals surface area contributed by atoms with Gasteiger partial charge in [-0.1, -0.05) is 0 Å². The highest BCUT2D eigenvalue weighted by Gasteiger charge is 2.63. The van der Waals surface area contributed by atoms with E-state index in [2.05, 4.69) is 15.6 Å². The first-order valence-electron chi connectivity index (χ1n) is 5.69. The van der Waals surface area contributed by atoms with Crippen LogP contribution >= 0.6 is 0 Å². The van der Waals surface area contributed by atoms with Gasteiger partial charge in [-0.25, -0.2) is 4.98 Å². The Morgan fingerprint density at radius 2 is 1.60 bits per heavy atom. The van der Waals surface area contributed by atoms with E-state index in [4.69, 9.17) is 0 Å². The van der Waals surface area contributed by atoms with Crippen molar-refractivity contribution in [3.63, 3.8) is 0 Å². The first-order chi connectivity index (χ1) is 9.07. The van der Waals surface area contributed by atoms with E-state index in [0.29, 0.717) is 6.07 Å². The molecular formula is C11H11F6N3. The average Bonchev–Trinajstić information content (AvgIpc) is 3.07. The van der Waals surface area contributed by atoms with Gasteiger partial charge in [0.05, 0.1) is 5.56 Å². The van der Waals surface area contributed by atoms with Crippen LogP contribution in [0.25, 0.3) is 0 Å². The van der Waals surface area contributed by atoms with Gasteiger partial charge in [0, 0.05) is 7.05 Å². The second-order valence-electron chi connectivity index (χ2n) is 4.58. The summed E-state index contributed by atoms with van der Waals surface area (Å²) in [7, 11) is 1.34. The van der Waals surface area contributed by atoms with Crippen molar-refractivity contribution in [2.45, 2.75) is 30.7 Å². The Balaban J connectivity index is 2.33. The summed E-state index contributed by atoms with van der Waals surface area (Å²) in [6, 6.07) is 1.31. The van der Waals surface area contributed by atoms with Gasteiger partial charge in [-0.2, -0.15) is 26.3 Å². The quantitative estimate of drug-likeness (QED) is 0.837. The molecular weight excluding hydrogens is 288 g/mol. The van der Waals surface area contributed by atoms with Crippen molar-refractivity contribution in [3.05, 3.63) is 17.7 Å². The summed E-state index contributed by atoms with van der Waals surface area (Å²) in [6.45, 7) is 0. The van der Waals surface area contributed by atoms with E-state index >= 15 is 0 Å². The molecule has 1 aromatic rings. The van der Waals surface area contributed by atoms with Crippen molar-refractivity contribution < 1.29 is 26.3 Å². The van der Waals surface area contributed by atoms with Crippen LogP contribution in [0.1, 0.15) is 18.4 Å². The van der Waals surface area contributed by atoms with Crippen LogP contribution in [0.3, 0.4) is 0 Å². The van der Waals surface area contributed by atoms with Crippen LogP contribution in [0.2, 0.25) is 0 Å². The molecule has 0 radical (unpaired) electrons. The fraction of sp³-hybridized carbons (Fsp3) is 0.545. The predicted molar refractivity (Wildman–Crippen MR) is 60.4 cm³/mol. The summed E-state index contributed by atoms with van der Waals surface area (Å²) in [6.07, 6.45) is -9.53. The molecule has 1 heterocycles. The standard InChI is InChI=1S/C11H11F6N3/c1-18-7-4-6(10(12,13)14)5-8(19-7)20-9(2-3-9)11(15,16)17/h4-5H,2-3H2,1H3,(H2,18,19,20). The van der Waals surface area contributed by atoms with Crippen LogP contribution in [-0.4, -0.2) is 23.7 Å². The lowest BCUT2D eigenvalue weighted by molar-refractivity contribution is -0.151. The van der Waals surface area contributed by atoms with Gasteiger partial charge >= 0.3 is 12.4 Å². The molecule has 0 atom stereocenters. The van der Waals surface area contributed by atoms with Crippen molar-refractivity contribution in [3.8, 4) is 0 Å². The van der Waals surface area contributed by atoms with E-state index in [1.807, 2.05) is 0 Å². The first kappa shape index (κ1) is 14.7. The van der Waals surface area contributed by atoms with Gasteiger partial charge in [0.2, 0.25) is 0 Å². The Morgan fingerprint density at radius 3 is 2.00 bits per heavy atom. The number of nitrogens with zero attached hydrogens (tertiary/aromatic N) is 1. The zero-order chi connectivity index (χ0) is 15.2. The molecule has 2 N–H and O–H groups in total. The summed E-state index contributed by atoms with van der Waals surface area (Å²) in [5.41, 5.74) is -3.22. The lowest BCUT2D eigenvalue weighted by atomic mass is 10.2. The second kappa shape index (κ2) is 4.42. The number of alkyl halides is 6. The third kappa shape index (κ3) is 2.75. The van der Waals surface area contributed by atoms with E-state index < -0.39 is 29.3 Å². The number of aromatic nitrogens is 1. The number of nitrogens with one attached hydrogen (secondary N) is 2. The highest BCUT2D eigenvalue weighted by molar-refractivity contribution is 5.52. The first-order valence-corrected chi connectivity index (χ1v) is 5.69. The fourth-order valence-corrected chi connectivity index (χ4v) is 1.74. The van der Waals surface area contributed by atoms with E-state index in [9.17, 15) is 26.3 Å². The van der Waals surface area contributed by atoms with Gasteiger partial charge in [0.25, 0.3) is 0 Å². The Morgan fingerprint density at radius 1 is 1.05 bits per heavy atom. The fourth-order valence-electron chi connectivity index (χ4n) is 1.74. The Labute approximate surface area is 110 Å². The van der Waals surface area contributed by atoms with Crippen molar-refractivity contribution >= 4 is 11.6 Å². The number of hydrogen-bond donors (Lipinski definition) is 2. The molecule has 1 aromatic heterocycles. The van der Waals surface area contributed by atoms with Crippen LogP contribution in [0.15, 0.2) is 12.1 Å². The minimum Gasteiger partial charge on any atom is -0.373 e. The highest BCUT2D eigenvalue weighted by Crippen LogP contribution is 2.51. The lowest BCUT2D eigenvalue weighted by Gasteiger charge is -2.22. The zero-order valence-electron chi connectivity index (χ0n) is 10.3. The Hall–Kier alpha value is -1.67. The molecule has 0 aliphatic heterocycles. The zero-order valence-corrected chi connectivity index (χ0v) is 10.3. The third-order valence-corrected chi connectivity index (χ3v) is 3.07. The molecule has 0 saturated heterocycles. The largest absolute Gasteiger partial charge is 0.416 e. The molecule has 9 heteroatoms. The molecule has 1 aliphatic carbocycles. The maximum absolute atomic E-state index is 12.8. The maximum Gasteiger partial charge on any atom is 0.416 e. The number of pyridine rings is 1. The van der Waals surface area contributed by atoms with Crippen LogP contribution in [0.5, 0.6) is 0 Å². The van der Waals surface area contributed by atoms with Crippen LogP contribution < -0.4 is 10.6 Å². The number of hydrogen-bond acceptors (Lipinski definition) is 3. The average molecular weight is 299 g/mol. The number of halogens is 6. The van der Waals surface area contributed by atoms with Crippen LogP contribution in [0, 0.1) is 0 Å². The SMILES string of the molecule is CNc1cc(C(F)(F)F)cc(NC2(C(F)(F)F)CC2)n1. The van der Waals surface area contributed by atoms with Gasteiger partial charge in [-0.05, 0) is 25.0 Å². The smallest absolute Gasteiger partial charge is 0.373 e. The summed E-state index contributed by atoms with van der Waals surface area (Å²) in [4.78, 5) is 3.68. The minimum atomic E-state index is -4.65. The van der Waals surface area contributed by atoms with Crippen molar-refractivity contribution in [2.24, 2.45) is 0 Å². The number of rotatable bonds is 3. The number of anilines is 2. The van der Waals surface area contributed by atoms with Gasteiger partial charge < -0.3 is 10.6 Å². The summed E-state index contributed by atoms with van der Waals surface area (Å²) in [5, 5.41) is 4.47. The van der Waals surface area contributed by atoms with Gasteiger partial charge in [-0.3, -0.25) is 0 Å². The van der Waals surface area contributed by atoms with Gasteiger partial charge in [0.1, 0.15) is 17.2 Å². The molecule has 112 valence electrons. The lowest BCUT2D eigenvalue weighted by Crippen LogP contribution is -2.39. The predicted octanol–water partition coefficient (Wildman–Crippen LogP) is 3.65. The van der Waals surface area contributed by atoms with Crippen LogP contribution in [0.4, 0.5) is 38.0 Å². The maximum atomic E-state index is 12.8. The molecule has 1 fully saturated rings. The molecule has 0 aromatic carbocycles. The molecule has 0 spiro atoms. The summed E-state index contributed by atoms with van der Waals surface area (Å²) >= 11 is 0. The Bertz CT molecular complexity index is 504. The summed E-state index contributed by atoms with van der Waals surface area (Å²) in [5.74, 6) is -0.598. The van der Waals surface area contributed by atoms with E-state index in [-0.39, 0.29) is 18.7 Å². The van der Waals surface area contributed by atoms with Gasteiger partial charge in [0.15, 0.2) is 0 Å². The topological polar surface area (TPSA) is 37.0 Å². The summed E-state index contributed by atoms with van der Waals surface area (Å²) < 4.78 is 76.3. The molecule has 3 nitrogen and oxygen atoms in total. The van der Waals surface area contributed by atoms with Crippen molar-refractivity contribution in [1.82, 2.24) is 4.98 Å². The van der Waals surface area contributed by atoms with E-state index in [0.717, 1.165) is 6.07 Å². The third-order valence-electron chi connectivity index (χ3n) is 3.07. The minimum absolute atomic E-state index is 0.153. The van der Waals surface area contributed by atoms with E-state index in [1.54, 1.807) is 0 Å². The van der Waals surface area contributed by atoms with E-state index in [1.165, 1.54) is 7.05 Å². The molecule has 1 saturated carbocycles. The van der Waals surface area contributed by atoms with Crippen LogP contribution in [-0.2, 0) is 6.18 Å². The molecule has 1 aliphatic rings. The highest BCUT2D eigenvalue weighted by atomic mass is 19.4. The molecule has 0 unspecified atom stereocenters. The molecule has 20 heavy (non-hydrogen) atoms. The molecule has 0 bridgehead atoms. The van der Waals surface area contributed by atoms with Gasteiger partial charge in [-0.15, -0.1) is 0 Å². The Kier molecular flexibility index (Phi) is 3.26. The molecule has 2 rings (SSSR count).